The van der Waals surface area contributed by atoms with Crippen molar-refractivity contribution in [1.29, 1.82) is 0 Å². The Morgan fingerprint density at radius 2 is 2.00 bits per heavy atom. The molecule has 4 nitrogen and oxygen atoms in total. The Kier molecular flexibility index (Phi) is 4.72. The highest BCUT2D eigenvalue weighted by Crippen LogP contribution is 2.34. The third kappa shape index (κ3) is 3.77. The lowest BCUT2D eigenvalue weighted by molar-refractivity contribution is -0.0499. The van der Waals surface area contributed by atoms with E-state index in [1.807, 2.05) is 6.07 Å². The minimum Gasteiger partial charge on any atom is -0.375 e. The Morgan fingerprint density at radius 3 is 2.64 bits per heavy atom. The number of aryl methyl sites for hydroxylation is 1. The summed E-state index contributed by atoms with van der Waals surface area (Å²) in [6.45, 7) is 1.56. The summed E-state index contributed by atoms with van der Waals surface area (Å²) in [4.78, 5) is 4.24. The lowest BCUT2D eigenvalue weighted by Crippen LogP contribution is -2.28. The number of halogens is 3. The smallest absolute Gasteiger partial charge is 0.375 e. The molecule has 0 bridgehead atoms. The summed E-state index contributed by atoms with van der Waals surface area (Å²) < 4.78 is 65.1. The van der Waals surface area contributed by atoms with Crippen LogP contribution in [0.15, 0.2) is 30.3 Å². The quantitative estimate of drug-likeness (QED) is 0.579. The molecule has 2 heterocycles. The molecule has 0 unspecified atom stereocenters. The Morgan fingerprint density at radius 1 is 1.24 bits per heavy atom. The van der Waals surface area contributed by atoms with Gasteiger partial charge in [-0.25, -0.2) is 0 Å². The summed E-state index contributed by atoms with van der Waals surface area (Å²) in [6, 6.07) is 6.32. The highest BCUT2D eigenvalue weighted by Gasteiger charge is 2.48. The number of nitrogens with zero attached hydrogens (tertiary/aromatic N) is 1. The lowest BCUT2D eigenvalue weighted by Gasteiger charge is -2.15. The van der Waals surface area contributed by atoms with Gasteiger partial charge in [0, 0.05) is 22.9 Å². The molecule has 0 spiro atoms. The summed E-state index contributed by atoms with van der Waals surface area (Å²) in [5.74, 6) is 1.46. The van der Waals surface area contributed by atoms with Crippen molar-refractivity contribution in [3.63, 3.8) is 0 Å². The van der Waals surface area contributed by atoms with E-state index in [0.717, 1.165) is 29.1 Å². The highest BCUT2D eigenvalue weighted by molar-refractivity contribution is 7.99. The second-order valence-corrected chi connectivity index (χ2v) is 8.22. The maximum Gasteiger partial charge on any atom is 0.534 e. The van der Waals surface area contributed by atoms with Gasteiger partial charge in [0.2, 0.25) is 0 Å². The number of pyridine rings is 1. The fourth-order valence-corrected chi connectivity index (χ4v) is 3.86. The lowest BCUT2D eigenvalue weighted by atomic mass is 10.0. The van der Waals surface area contributed by atoms with E-state index in [1.165, 1.54) is 6.07 Å². The molecule has 0 amide bonds. The first-order valence-electron chi connectivity index (χ1n) is 7.37. The van der Waals surface area contributed by atoms with Crippen LogP contribution in [0.4, 0.5) is 13.2 Å². The summed E-state index contributed by atoms with van der Waals surface area (Å²) >= 11 is 1.79. The summed E-state index contributed by atoms with van der Waals surface area (Å²) in [5.41, 5.74) is -2.85. The van der Waals surface area contributed by atoms with E-state index in [1.54, 1.807) is 30.8 Å². The fraction of sp³-hybridized carbons (Fsp3) is 0.312. The number of thioether (sulfide) groups is 1. The van der Waals surface area contributed by atoms with Crippen molar-refractivity contribution in [2.24, 2.45) is 0 Å². The van der Waals surface area contributed by atoms with Crippen LogP contribution in [0.5, 0.6) is 5.75 Å². The van der Waals surface area contributed by atoms with Crippen LogP contribution in [0.1, 0.15) is 17.7 Å². The number of benzene rings is 1. The van der Waals surface area contributed by atoms with Gasteiger partial charge in [-0.15, -0.1) is 0 Å². The van der Waals surface area contributed by atoms with E-state index in [4.69, 9.17) is 0 Å². The molecule has 1 aromatic heterocycles. The van der Waals surface area contributed by atoms with E-state index < -0.39 is 15.6 Å². The van der Waals surface area contributed by atoms with Crippen LogP contribution in [0, 0.1) is 6.92 Å². The van der Waals surface area contributed by atoms with Crippen LogP contribution in [-0.4, -0.2) is 30.4 Å². The second-order valence-electron chi connectivity index (χ2n) is 5.53. The third-order valence-electron chi connectivity index (χ3n) is 3.72. The first-order valence-corrected chi connectivity index (χ1v) is 9.93. The molecule has 0 saturated carbocycles. The molecular weight excluding hydrogens is 375 g/mol. The molecule has 3 rings (SSSR count). The first-order chi connectivity index (χ1) is 11.7. The highest BCUT2D eigenvalue weighted by atomic mass is 32.2. The maximum atomic E-state index is 12.6. The van der Waals surface area contributed by atoms with Crippen LogP contribution >= 0.6 is 11.8 Å². The molecule has 0 fully saturated rings. The van der Waals surface area contributed by atoms with Gasteiger partial charge in [0.25, 0.3) is 0 Å². The molecule has 2 aromatic rings. The maximum absolute atomic E-state index is 12.6. The number of hydrogen-bond donors (Lipinski definition) is 0. The normalized spacial score (nSPS) is 15.9. The van der Waals surface area contributed by atoms with E-state index in [9.17, 15) is 21.6 Å². The molecule has 0 aliphatic carbocycles. The third-order valence-corrected chi connectivity index (χ3v) is 5.58. The number of fused-ring (bicyclic) bond motifs is 1. The largest absolute Gasteiger partial charge is 0.534 e. The van der Waals surface area contributed by atoms with Gasteiger partial charge in [-0.2, -0.15) is 33.4 Å². The topological polar surface area (TPSA) is 56.3 Å². The molecule has 0 atom stereocenters. The van der Waals surface area contributed by atoms with Crippen LogP contribution < -0.4 is 4.18 Å². The molecule has 25 heavy (non-hydrogen) atoms. The van der Waals surface area contributed by atoms with Gasteiger partial charge in [-0.1, -0.05) is 12.1 Å². The van der Waals surface area contributed by atoms with Crippen molar-refractivity contribution >= 4 is 38.4 Å². The van der Waals surface area contributed by atoms with Gasteiger partial charge in [-0.05, 0) is 42.4 Å². The molecular formula is C16H14F3NO3S2. The van der Waals surface area contributed by atoms with E-state index in [2.05, 4.69) is 15.2 Å². The van der Waals surface area contributed by atoms with Crippen molar-refractivity contribution in [1.82, 2.24) is 4.98 Å². The zero-order valence-electron chi connectivity index (χ0n) is 13.1. The Bertz CT molecular complexity index is 953. The number of rotatable bonds is 3. The number of aromatic nitrogens is 1. The minimum atomic E-state index is -5.74. The van der Waals surface area contributed by atoms with Gasteiger partial charge in [0.15, 0.2) is 5.75 Å². The number of hydrogen-bond acceptors (Lipinski definition) is 5. The Balaban J connectivity index is 2.12. The summed E-state index contributed by atoms with van der Waals surface area (Å²) in [7, 11) is -5.74. The van der Waals surface area contributed by atoms with Gasteiger partial charge >= 0.3 is 15.6 Å². The van der Waals surface area contributed by atoms with E-state index in [0.29, 0.717) is 11.2 Å². The summed E-state index contributed by atoms with van der Waals surface area (Å²) in [5, 5.41) is 0.232. The van der Waals surface area contributed by atoms with Gasteiger partial charge in [0.1, 0.15) is 0 Å². The van der Waals surface area contributed by atoms with Crippen LogP contribution in [-0.2, 0) is 10.1 Å². The zero-order valence-corrected chi connectivity index (χ0v) is 14.8. The molecule has 1 aliphatic heterocycles. The molecule has 1 aromatic carbocycles. The predicted octanol–water partition coefficient (Wildman–Crippen LogP) is 4.29. The monoisotopic (exact) mass is 389 g/mol. The standard InChI is InChI=1S/C16H14F3NO3S2/c1-10-8-15(23-25(21,22)16(17,18)19)13-9-12(2-3-14(13)20-10)11-4-6-24-7-5-11/h2-4,8-9H,5-7H2,1H3. The molecule has 0 N–H and O–H groups in total. The minimum absolute atomic E-state index is 0.232. The van der Waals surface area contributed by atoms with E-state index >= 15 is 0 Å². The Hall–Kier alpha value is -1.74. The fourth-order valence-electron chi connectivity index (χ4n) is 2.54. The molecule has 0 radical (unpaired) electrons. The molecule has 0 saturated heterocycles. The molecule has 9 heteroatoms. The van der Waals surface area contributed by atoms with Gasteiger partial charge in [-0.3, -0.25) is 4.98 Å². The van der Waals surface area contributed by atoms with Gasteiger partial charge < -0.3 is 4.18 Å². The molecule has 134 valence electrons. The van der Waals surface area contributed by atoms with Crippen LogP contribution in [0.25, 0.3) is 16.5 Å². The van der Waals surface area contributed by atoms with Crippen molar-refractivity contribution in [3.8, 4) is 5.75 Å². The zero-order chi connectivity index (χ0) is 18.2. The molecule has 1 aliphatic rings. The average molecular weight is 389 g/mol. The van der Waals surface area contributed by atoms with Crippen molar-refractivity contribution in [2.45, 2.75) is 18.9 Å². The van der Waals surface area contributed by atoms with Crippen LogP contribution in [0.3, 0.4) is 0 Å². The van der Waals surface area contributed by atoms with Crippen LogP contribution in [0.2, 0.25) is 0 Å². The first kappa shape index (κ1) is 18.1. The average Bonchev–Trinajstić information content (AvgIpc) is 2.54. The Labute approximate surface area is 147 Å². The SMILES string of the molecule is Cc1cc(OS(=O)(=O)C(F)(F)F)c2cc(C3=CCSCC3)ccc2n1. The number of alkyl halides is 3. The van der Waals surface area contributed by atoms with E-state index in [-0.39, 0.29) is 11.1 Å². The van der Waals surface area contributed by atoms with Crippen molar-refractivity contribution < 1.29 is 25.8 Å². The predicted molar refractivity (Wildman–Crippen MR) is 92.0 cm³/mol. The van der Waals surface area contributed by atoms with Gasteiger partial charge in [0.05, 0.1) is 5.52 Å². The van der Waals surface area contributed by atoms with Crippen molar-refractivity contribution in [3.05, 3.63) is 41.6 Å². The second kappa shape index (κ2) is 6.53. The number of allylic oxidation sites excluding steroid dienone is 1. The van der Waals surface area contributed by atoms with Crippen molar-refractivity contribution in [2.75, 3.05) is 11.5 Å². The summed E-state index contributed by atoms with van der Waals surface area (Å²) in [6.07, 6.45) is 2.90.